The van der Waals surface area contributed by atoms with E-state index in [2.05, 4.69) is 15.3 Å². The summed E-state index contributed by atoms with van der Waals surface area (Å²) >= 11 is 0. The second-order valence-corrected chi connectivity index (χ2v) is 6.17. The van der Waals surface area contributed by atoms with Crippen molar-refractivity contribution in [2.24, 2.45) is 0 Å². The van der Waals surface area contributed by atoms with Crippen molar-refractivity contribution >= 4 is 23.1 Å². The average molecular weight is 399 g/mol. The Balaban J connectivity index is 2.07. The maximum absolute atomic E-state index is 14.7. The first-order valence-corrected chi connectivity index (χ1v) is 8.65. The normalized spacial score (nSPS) is 10.5. The second-order valence-electron chi connectivity index (χ2n) is 6.17. The highest BCUT2D eigenvalue weighted by molar-refractivity contribution is 5.78. The van der Waals surface area contributed by atoms with E-state index in [1.807, 2.05) is 13.0 Å². The summed E-state index contributed by atoms with van der Waals surface area (Å²) in [5.74, 6) is 0.367. The maximum atomic E-state index is 14.7. The maximum Gasteiger partial charge on any atom is 0.229 e. The molecule has 2 aromatic carbocycles. The molecule has 0 atom stereocenters. The Hall–Kier alpha value is -3.75. The molecule has 0 aliphatic rings. The molecule has 0 aliphatic heterocycles. The number of aromatic nitrogens is 2. The van der Waals surface area contributed by atoms with Gasteiger partial charge >= 0.3 is 0 Å². The van der Waals surface area contributed by atoms with E-state index in [1.54, 1.807) is 24.3 Å². The molecule has 0 spiro atoms. The highest BCUT2D eigenvalue weighted by atomic mass is 19.1. The van der Waals surface area contributed by atoms with E-state index >= 15 is 0 Å². The molecule has 8 nitrogen and oxygen atoms in total. The molecular weight excluding hydrogens is 377 g/mol. The molecule has 0 amide bonds. The first-order valence-electron chi connectivity index (χ1n) is 8.65. The van der Waals surface area contributed by atoms with Crippen LogP contribution < -0.4 is 31.0 Å². The van der Waals surface area contributed by atoms with Gasteiger partial charge in [-0.3, -0.25) is 0 Å². The number of nitrogens with zero attached hydrogens (tertiary/aromatic N) is 2. The van der Waals surface area contributed by atoms with Crippen molar-refractivity contribution in [3.63, 3.8) is 0 Å². The molecule has 3 aromatic rings. The molecule has 0 radical (unpaired) electrons. The zero-order valence-electron chi connectivity index (χ0n) is 16.5. The summed E-state index contributed by atoms with van der Waals surface area (Å²) in [6.45, 7) is 1.83. The minimum absolute atomic E-state index is 0.00800. The number of nitrogens with two attached hydrogens (primary N) is 2. The molecule has 1 heterocycles. The van der Waals surface area contributed by atoms with Crippen LogP contribution in [-0.4, -0.2) is 31.3 Å². The molecule has 0 saturated carbocycles. The van der Waals surface area contributed by atoms with Crippen LogP contribution in [0.2, 0.25) is 0 Å². The first-order chi connectivity index (χ1) is 13.9. The fourth-order valence-electron chi connectivity index (χ4n) is 2.87. The lowest BCUT2D eigenvalue weighted by atomic mass is 10.1. The number of para-hydroxylation sites is 1. The SMILES string of the molecule is COc1cc(Nc2nc(N)c(F)c(-c3cccc(C)c3N)n2)cc(OC)c1OC. The van der Waals surface area contributed by atoms with Gasteiger partial charge in [-0.05, 0) is 12.5 Å². The average Bonchev–Trinajstić information content (AvgIpc) is 2.72. The second kappa shape index (κ2) is 8.09. The zero-order valence-corrected chi connectivity index (χ0v) is 16.5. The molecule has 29 heavy (non-hydrogen) atoms. The lowest BCUT2D eigenvalue weighted by molar-refractivity contribution is 0.324. The van der Waals surface area contributed by atoms with Gasteiger partial charge in [-0.25, -0.2) is 9.37 Å². The van der Waals surface area contributed by atoms with Crippen LogP contribution in [-0.2, 0) is 0 Å². The van der Waals surface area contributed by atoms with Gasteiger partial charge in [-0.1, -0.05) is 18.2 Å². The minimum Gasteiger partial charge on any atom is -0.493 e. The minimum atomic E-state index is -0.738. The number of rotatable bonds is 6. The number of aryl methyl sites for hydroxylation is 1. The lowest BCUT2D eigenvalue weighted by Gasteiger charge is -2.15. The van der Waals surface area contributed by atoms with E-state index in [0.717, 1.165) is 5.56 Å². The summed E-state index contributed by atoms with van der Waals surface area (Å²) in [6, 6.07) is 8.62. The van der Waals surface area contributed by atoms with Gasteiger partial charge in [0.15, 0.2) is 23.1 Å². The van der Waals surface area contributed by atoms with Gasteiger partial charge < -0.3 is 31.0 Å². The van der Waals surface area contributed by atoms with Crippen molar-refractivity contribution < 1.29 is 18.6 Å². The summed E-state index contributed by atoms with van der Waals surface area (Å²) in [7, 11) is 4.52. The molecule has 0 fully saturated rings. The van der Waals surface area contributed by atoms with E-state index in [0.29, 0.717) is 34.2 Å². The van der Waals surface area contributed by atoms with Crippen molar-refractivity contribution in [2.45, 2.75) is 6.92 Å². The predicted octanol–water partition coefficient (Wildman–Crippen LogP) is 3.52. The lowest BCUT2D eigenvalue weighted by Crippen LogP contribution is -2.07. The fourth-order valence-corrected chi connectivity index (χ4v) is 2.87. The van der Waals surface area contributed by atoms with E-state index in [1.165, 1.54) is 21.3 Å². The largest absolute Gasteiger partial charge is 0.493 e. The summed E-state index contributed by atoms with van der Waals surface area (Å²) in [4.78, 5) is 8.27. The van der Waals surface area contributed by atoms with Gasteiger partial charge in [0.2, 0.25) is 11.7 Å². The molecule has 152 valence electrons. The Kier molecular flexibility index (Phi) is 5.58. The summed E-state index contributed by atoms with van der Waals surface area (Å²) in [5, 5.41) is 2.99. The van der Waals surface area contributed by atoms with Crippen molar-refractivity contribution in [1.82, 2.24) is 9.97 Å². The molecule has 3 rings (SSSR count). The summed E-state index contributed by atoms with van der Waals surface area (Å²) < 4.78 is 30.6. The van der Waals surface area contributed by atoms with Gasteiger partial charge in [-0.15, -0.1) is 0 Å². The number of benzene rings is 2. The van der Waals surface area contributed by atoms with Crippen LogP contribution in [0.25, 0.3) is 11.3 Å². The topological polar surface area (TPSA) is 118 Å². The highest BCUT2D eigenvalue weighted by Crippen LogP contribution is 2.40. The summed E-state index contributed by atoms with van der Waals surface area (Å²) in [5.41, 5.74) is 14.1. The Labute approximate surface area is 167 Å². The van der Waals surface area contributed by atoms with Gasteiger partial charge in [0.25, 0.3) is 0 Å². The van der Waals surface area contributed by atoms with Gasteiger partial charge in [-0.2, -0.15) is 4.98 Å². The van der Waals surface area contributed by atoms with E-state index in [9.17, 15) is 4.39 Å². The monoisotopic (exact) mass is 399 g/mol. The number of hydrogen-bond donors (Lipinski definition) is 3. The van der Waals surface area contributed by atoms with Crippen molar-refractivity contribution in [1.29, 1.82) is 0 Å². The van der Waals surface area contributed by atoms with E-state index < -0.39 is 5.82 Å². The van der Waals surface area contributed by atoms with Crippen molar-refractivity contribution in [2.75, 3.05) is 38.1 Å². The zero-order chi connectivity index (χ0) is 21.1. The molecule has 1 aromatic heterocycles. The molecular formula is C20H22FN5O3. The Bertz CT molecular complexity index is 1030. The van der Waals surface area contributed by atoms with Crippen LogP contribution in [0.4, 0.5) is 27.5 Å². The smallest absolute Gasteiger partial charge is 0.229 e. The van der Waals surface area contributed by atoms with Crippen molar-refractivity contribution in [3.05, 3.63) is 41.7 Å². The number of hydrogen-bond acceptors (Lipinski definition) is 8. The number of ether oxygens (including phenoxy) is 3. The molecule has 0 unspecified atom stereocenters. The third-order valence-corrected chi connectivity index (χ3v) is 4.38. The number of halogens is 1. The molecule has 0 bridgehead atoms. The van der Waals surface area contributed by atoms with Crippen LogP contribution in [0.1, 0.15) is 5.56 Å². The molecule has 0 saturated heterocycles. The number of nitrogen functional groups attached to an aromatic ring is 2. The number of nitrogens with one attached hydrogen (secondary N) is 1. The molecule has 0 aliphatic carbocycles. The van der Waals surface area contributed by atoms with Crippen LogP contribution in [0.3, 0.4) is 0 Å². The third kappa shape index (κ3) is 3.79. The number of anilines is 4. The summed E-state index contributed by atoms with van der Waals surface area (Å²) in [6.07, 6.45) is 0. The van der Waals surface area contributed by atoms with E-state index in [4.69, 9.17) is 25.7 Å². The Morgan fingerprint density at radius 2 is 1.62 bits per heavy atom. The Morgan fingerprint density at radius 3 is 2.21 bits per heavy atom. The molecule has 9 heteroatoms. The first kappa shape index (κ1) is 20.0. The van der Waals surface area contributed by atoms with Crippen LogP contribution in [0, 0.1) is 12.7 Å². The highest BCUT2D eigenvalue weighted by Gasteiger charge is 2.18. The van der Waals surface area contributed by atoms with Crippen molar-refractivity contribution in [3.8, 4) is 28.5 Å². The predicted molar refractivity (Wildman–Crippen MR) is 110 cm³/mol. The standard InChI is InChI=1S/C20H22FN5O3/c1-10-6-5-7-12(16(10)22)17-15(21)19(23)26-20(25-17)24-11-8-13(27-2)18(29-4)14(9-11)28-3/h5-9H,22H2,1-4H3,(H3,23,24,25,26). The fraction of sp³-hybridized carbons (Fsp3) is 0.200. The van der Waals surface area contributed by atoms with Gasteiger partial charge in [0, 0.05) is 29.1 Å². The van der Waals surface area contributed by atoms with Gasteiger partial charge in [0.1, 0.15) is 5.69 Å². The molecule has 5 N–H and O–H groups in total. The number of methoxy groups -OCH3 is 3. The van der Waals surface area contributed by atoms with Crippen LogP contribution in [0.15, 0.2) is 30.3 Å². The Morgan fingerprint density at radius 1 is 0.966 bits per heavy atom. The van der Waals surface area contributed by atoms with E-state index in [-0.39, 0.29) is 17.5 Å². The third-order valence-electron chi connectivity index (χ3n) is 4.38. The van der Waals surface area contributed by atoms with Crippen LogP contribution in [0.5, 0.6) is 17.2 Å². The quantitative estimate of drug-likeness (QED) is 0.539. The van der Waals surface area contributed by atoms with Gasteiger partial charge in [0.05, 0.1) is 21.3 Å². The van der Waals surface area contributed by atoms with Crippen LogP contribution >= 0.6 is 0 Å².